The van der Waals surface area contributed by atoms with Gasteiger partial charge < -0.3 is 14.8 Å². The zero-order valence-corrected chi connectivity index (χ0v) is 17.5. The maximum Gasteiger partial charge on any atom is 0.416 e. The first-order valence-electron chi connectivity index (χ1n) is 10.6. The molecule has 168 valence electrons. The van der Waals surface area contributed by atoms with Gasteiger partial charge in [-0.2, -0.15) is 13.2 Å². The minimum atomic E-state index is -4.72. The fourth-order valence-electron chi connectivity index (χ4n) is 4.77. The summed E-state index contributed by atoms with van der Waals surface area (Å²) in [7, 11) is 0. The topological polar surface area (TPSA) is 47.6 Å². The average molecular weight is 459 g/mol. The number of carbonyl (C=O) groups excluding carboxylic acids is 1. The van der Waals surface area contributed by atoms with Crippen LogP contribution in [0.5, 0.6) is 11.5 Å². The van der Waals surface area contributed by atoms with Crippen LogP contribution in [-0.4, -0.2) is 5.97 Å². The molecule has 0 aliphatic carbocycles. The molecule has 7 heteroatoms. The highest BCUT2D eigenvalue weighted by molar-refractivity contribution is 6.03. The second kappa shape index (κ2) is 7.12. The molecule has 1 spiro atoms. The van der Waals surface area contributed by atoms with Gasteiger partial charge in [0.1, 0.15) is 11.5 Å². The zero-order valence-electron chi connectivity index (χ0n) is 17.5. The van der Waals surface area contributed by atoms with Crippen molar-refractivity contribution in [2.75, 3.05) is 5.32 Å². The molecule has 2 aliphatic heterocycles. The third-order valence-electron chi connectivity index (χ3n) is 6.12. The van der Waals surface area contributed by atoms with Gasteiger partial charge in [0.15, 0.2) is 5.60 Å². The summed E-state index contributed by atoms with van der Waals surface area (Å²) < 4.78 is 55.1. The molecule has 1 N–H and O–H groups in total. The molecule has 6 rings (SSSR count). The summed E-state index contributed by atoms with van der Waals surface area (Å²) in [4.78, 5) is 13.4. The van der Waals surface area contributed by atoms with Gasteiger partial charge in [0.2, 0.25) is 0 Å². The van der Waals surface area contributed by atoms with Crippen molar-refractivity contribution in [3.8, 4) is 11.5 Å². The van der Waals surface area contributed by atoms with E-state index in [0.717, 1.165) is 6.07 Å². The quantitative estimate of drug-likeness (QED) is 0.327. The summed E-state index contributed by atoms with van der Waals surface area (Å²) in [5.41, 5.74) is -1.59. The van der Waals surface area contributed by atoms with Crippen molar-refractivity contribution in [3.05, 3.63) is 119 Å². The minimum Gasteiger partial charge on any atom is -0.456 e. The molecule has 2 heterocycles. The Morgan fingerprint density at radius 1 is 0.735 bits per heavy atom. The van der Waals surface area contributed by atoms with Gasteiger partial charge in [0.25, 0.3) is 0 Å². The van der Waals surface area contributed by atoms with Gasteiger partial charge in [-0.25, -0.2) is 4.79 Å². The van der Waals surface area contributed by atoms with Crippen molar-refractivity contribution >= 4 is 17.3 Å². The molecule has 0 atom stereocenters. The monoisotopic (exact) mass is 459 g/mol. The maximum absolute atomic E-state index is 14.4. The third-order valence-corrected chi connectivity index (χ3v) is 6.12. The molecule has 4 aromatic carbocycles. The Morgan fingerprint density at radius 2 is 1.32 bits per heavy atom. The number of hydrogen-bond donors (Lipinski definition) is 1. The number of alkyl halides is 3. The van der Waals surface area contributed by atoms with Crippen LogP contribution in [0.15, 0.2) is 91.0 Å². The number of ether oxygens (including phenoxy) is 2. The number of rotatable bonds is 2. The fourth-order valence-corrected chi connectivity index (χ4v) is 4.77. The number of fused-ring (bicyclic) bond motifs is 6. The number of halogens is 3. The molecule has 0 amide bonds. The average Bonchev–Trinajstić information content (AvgIpc) is 3.13. The highest BCUT2D eigenvalue weighted by atomic mass is 19.4. The van der Waals surface area contributed by atoms with Crippen LogP contribution in [0.1, 0.15) is 32.6 Å². The third kappa shape index (κ3) is 2.83. The molecule has 4 aromatic rings. The van der Waals surface area contributed by atoms with Crippen LogP contribution in [-0.2, 0) is 16.5 Å². The van der Waals surface area contributed by atoms with Crippen molar-refractivity contribution in [1.82, 2.24) is 0 Å². The van der Waals surface area contributed by atoms with Crippen LogP contribution < -0.4 is 10.1 Å². The number of anilines is 2. The van der Waals surface area contributed by atoms with E-state index in [4.69, 9.17) is 9.47 Å². The molecule has 2 aliphatic rings. The van der Waals surface area contributed by atoms with E-state index in [2.05, 4.69) is 5.32 Å². The molecule has 0 saturated heterocycles. The number of benzene rings is 4. The first kappa shape index (κ1) is 20.4. The lowest BCUT2D eigenvalue weighted by Crippen LogP contribution is -2.34. The van der Waals surface area contributed by atoms with Gasteiger partial charge in [0.05, 0.1) is 16.8 Å². The molecule has 0 bridgehead atoms. The van der Waals surface area contributed by atoms with Crippen LogP contribution in [0, 0.1) is 0 Å². The predicted molar refractivity (Wildman–Crippen MR) is 119 cm³/mol. The lowest BCUT2D eigenvalue weighted by atomic mass is 9.75. The normalized spacial score (nSPS) is 15.1. The number of nitrogens with one attached hydrogen (secondary N) is 1. The second-order valence-electron chi connectivity index (χ2n) is 8.06. The van der Waals surface area contributed by atoms with E-state index < -0.39 is 23.3 Å². The molecule has 0 fully saturated rings. The Labute approximate surface area is 192 Å². The molecule has 0 radical (unpaired) electrons. The minimum absolute atomic E-state index is 0.148. The predicted octanol–water partition coefficient (Wildman–Crippen LogP) is 7.02. The van der Waals surface area contributed by atoms with Gasteiger partial charge in [-0.3, -0.25) is 0 Å². The van der Waals surface area contributed by atoms with Gasteiger partial charge in [-0.1, -0.05) is 54.6 Å². The van der Waals surface area contributed by atoms with Gasteiger partial charge in [-0.15, -0.1) is 0 Å². The summed E-state index contributed by atoms with van der Waals surface area (Å²) in [6.07, 6.45) is -4.72. The summed E-state index contributed by atoms with van der Waals surface area (Å²) in [6, 6.07) is 24.6. The lowest BCUT2D eigenvalue weighted by Gasteiger charge is -2.37. The Balaban J connectivity index is 1.71. The largest absolute Gasteiger partial charge is 0.456 e. The molecule has 0 saturated carbocycles. The smallest absolute Gasteiger partial charge is 0.416 e. The SMILES string of the molecule is O=C1OC2(c3ccccc3Oc3ccccc32)c2c(C(F)(F)F)ccc(Nc3ccccc3)c21. The molecule has 4 nitrogen and oxygen atoms in total. The van der Waals surface area contributed by atoms with Crippen molar-refractivity contribution in [2.24, 2.45) is 0 Å². The summed E-state index contributed by atoms with van der Waals surface area (Å²) in [6.45, 7) is 0. The van der Waals surface area contributed by atoms with E-state index in [0.29, 0.717) is 28.3 Å². The van der Waals surface area contributed by atoms with Crippen LogP contribution >= 0.6 is 0 Å². The van der Waals surface area contributed by atoms with Gasteiger partial charge >= 0.3 is 12.1 Å². The Kier molecular flexibility index (Phi) is 4.26. The van der Waals surface area contributed by atoms with Crippen LogP contribution in [0.4, 0.5) is 24.5 Å². The fraction of sp³-hybridized carbons (Fsp3) is 0.0741. The molecule has 0 unspecified atom stereocenters. The zero-order chi connectivity index (χ0) is 23.5. The van der Waals surface area contributed by atoms with Crippen molar-refractivity contribution in [2.45, 2.75) is 11.8 Å². The highest BCUT2D eigenvalue weighted by Crippen LogP contribution is 2.59. The highest BCUT2D eigenvalue weighted by Gasteiger charge is 2.58. The van der Waals surface area contributed by atoms with E-state index >= 15 is 0 Å². The number of carbonyl (C=O) groups is 1. The maximum atomic E-state index is 14.4. The van der Waals surface area contributed by atoms with E-state index in [-0.39, 0.29) is 16.8 Å². The number of hydrogen-bond acceptors (Lipinski definition) is 4. The lowest BCUT2D eigenvalue weighted by molar-refractivity contribution is -0.139. The van der Waals surface area contributed by atoms with Crippen molar-refractivity contribution in [3.63, 3.8) is 0 Å². The molecule has 34 heavy (non-hydrogen) atoms. The standard InChI is InChI=1S/C27H16F3NO3/c28-27(29,30)19-14-15-20(31-16-8-2-1-3-9-16)23-24(19)26(34-25(23)32)17-10-4-6-12-21(17)33-22-13-7-5-11-18(22)26/h1-15,31H. The van der Waals surface area contributed by atoms with E-state index in [1.807, 2.05) is 6.07 Å². The van der Waals surface area contributed by atoms with Gasteiger partial charge in [0, 0.05) is 22.4 Å². The van der Waals surface area contributed by atoms with Crippen molar-refractivity contribution in [1.29, 1.82) is 0 Å². The first-order valence-corrected chi connectivity index (χ1v) is 10.6. The molecule has 0 aromatic heterocycles. The van der Waals surface area contributed by atoms with Crippen molar-refractivity contribution < 1.29 is 27.4 Å². The van der Waals surface area contributed by atoms with E-state index in [9.17, 15) is 18.0 Å². The summed E-state index contributed by atoms with van der Waals surface area (Å²) in [5, 5.41) is 3.08. The van der Waals surface area contributed by atoms with Crippen LogP contribution in [0.25, 0.3) is 0 Å². The Morgan fingerprint density at radius 3 is 1.94 bits per heavy atom. The molecular formula is C27H16F3NO3. The Bertz CT molecular complexity index is 1400. The molecular weight excluding hydrogens is 443 g/mol. The summed E-state index contributed by atoms with van der Waals surface area (Å²) >= 11 is 0. The van der Waals surface area contributed by atoms with E-state index in [1.165, 1.54) is 6.07 Å². The second-order valence-corrected chi connectivity index (χ2v) is 8.06. The van der Waals surface area contributed by atoms with Crippen LogP contribution in [0.3, 0.4) is 0 Å². The number of esters is 1. The number of para-hydroxylation sites is 3. The van der Waals surface area contributed by atoms with E-state index in [1.54, 1.807) is 72.8 Å². The van der Waals surface area contributed by atoms with Crippen LogP contribution in [0.2, 0.25) is 0 Å². The Hall–Kier alpha value is -4.26. The van der Waals surface area contributed by atoms with Gasteiger partial charge in [-0.05, 0) is 36.4 Å². The first-order chi connectivity index (χ1) is 16.4. The summed E-state index contributed by atoms with van der Waals surface area (Å²) in [5.74, 6) is -0.182.